The van der Waals surface area contributed by atoms with Gasteiger partial charge in [0.2, 0.25) is 0 Å². The smallest absolute Gasteiger partial charge is 0.251 e. The van der Waals surface area contributed by atoms with Gasteiger partial charge in [-0.15, -0.1) is 0 Å². The van der Waals surface area contributed by atoms with E-state index in [2.05, 4.69) is 5.32 Å². The van der Waals surface area contributed by atoms with Crippen LogP contribution in [0.1, 0.15) is 56.8 Å². The number of hydrogen-bond acceptors (Lipinski definition) is 6. The third-order valence-electron chi connectivity index (χ3n) is 5.16. The summed E-state index contributed by atoms with van der Waals surface area (Å²) in [5.74, 6) is -1.06. The first kappa shape index (κ1) is 22.7. The minimum absolute atomic E-state index is 0.0652. The second-order valence-electron chi connectivity index (χ2n) is 9.07. The minimum atomic E-state index is -0.785. The van der Waals surface area contributed by atoms with Crippen molar-refractivity contribution in [2.45, 2.75) is 59.2 Å². The van der Waals surface area contributed by atoms with Gasteiger partial charge in [-0.25, -0.2) is 4.39 Å². The van der Waals surface area contributed by atoms with Crippen molar-refractivity contribution in [2.75, 3.05) is 31.2 Å². The molecule has 2 saturated heterocycles. The molecule has 3 rings (SSSR count). The molecule has 0 saturated carbocycles. The van der Waals surface area contributed by atoms with Gasteiger partial charge in [-0.1, -0.05) is 13.8 Å². The Morgan fingerprint density at radius 3 is 2.40 bits per heavy atom. The summed E-state index contributed by atoms with van der Waals surface area (Å²) in [5, 5.41) is 2.54. The van der Waals surface area contributed by atoms with E-state index in [1.165, 1.54) is 6.07 Å². The van der Waals surface area contributed by atoms with Crippen molar-refractivity contribution in [3.8, 4) is 0 Å². The molecule has 0 bridgehead atoms. The topological polar surface area (TPSA) is 77.1 Å². The van der Waals surface area contributed by atoms with Gasteiger partial charge in [-0.2, -0.15) is 0 Å². The van der Waals surface area contributed by atoms with Crippen LogP contribution in [0.2, 0.25) is 0 Å². The lowest BCUT2D eigenvalue weighted by Gasteiger charge is -2.40. The lowest BCUT2D eigenvalue weighted by molar-refractivity contribution is -0.226. The molecule has 0 radical (unpaired) electrons. The zero-order valence-corrected chi connectivity index (χ0v) is 18.2. The summed E-state index contributed by atoms with van der Waals surface area (Å²) in [7, 11) is 0. The van der Waals surface area contributed by atoms with Crippen LogP contribution >= 0.6 is 0 Å². The number of ether oxygens (including phenoxy) is 3. The molecule has 8 heteroatoms. The number of benzene rings is 1. The fourth-order valence-corrected chi connectivity index (χ4v) is 3.82. The monoisotopic (exact) mass is 422 g/mol. The van der Waals surface area contributed by atoms with E-state index in [1.54, 1.807) is 13.0 Å². The Morgan fingerprint density at radius 1 is 1.23 bits per heavy atom. The average Bonchev–Trinajstić information content (AvgIpc) is 2.66. The summed E-state index contributed by atoms with van der Waals surface area (Å²) in [6.45, 7) is 11.4. The highest BCUT2D eigenvalue weighted by Crippen LogP contribution is 2.38. The first-order valence-corrected chi connectivity index (χ1v) is 10.3. The van der Waals surface area contributed by atoms with E-state index in [-0.39, 0.29) is 23.2 Å². The van der Waals surface area contributed by atoms with E-state index in [1.807, 2.05) is 32.6 Å². The van der Waals surface area contributed by atoms with Crippen LogP contribution in [0.3, 0.4) is 0 Å². The minimum Gasteiger partial charge on any atom is -0.372 e. The van der Waals surface area contributed by atoms with Crippen molar-refractivity contribution in [3.05, 3.63) is 29.1 Å². The fraction of sp³-hybridized carbons (Fsp3) is 0.636. The summed E-state index contributed by atoms with van der Waals surface area (Å²) in [5.41, 5.74) is 0.801. The maximum absolute atomic E-state index is 15.4. The van der Waals surface area contributed by atoms with Gasteiger partial charge in [-0.05, 0) is 32.9 Å². The normalized spacial score (nSPS) is 25.6. The van der Waals surface area contributed by atoms with Gasteiger partial charge >= 0.3 is 0 Å². The molecule has 1 amide bonds. The van der Waals surface area contributed by atoms with Crippen LogP contribution in [0.25, 0.3) is 0 Å². The van der Waals surface area contributed by atoms with E-state index in [0.29, 0.717) is 43.8 Å². The number of anilines is 1. The predicted molar refractivity (Wildman–Crippen MR) is 110 cm³/mol. The first-order chi connectivity index (χ1) is 14.1. The highest BCUT2D eigenvalue weighted by molar-refractivity contribution is 5.96. The highest BCUT2D eigenvalue weighted by atomic mass is 19.1. The van der Waals surface area contributed by atoms with Gasteiger partial charge in [0.25, 0.3) is 5.91 Å². The largest absolute Gasteiger partial charge is 0.372 e. The zero-order valence-electron chi connectivity index (χ0n) is 18.2. The van der Waals surface area contributed by atoms with Crippen molar-refractivity contribution in [3.63, 3.8) is 0 Å². The quantitative estimate of drug-likeness (QED) is 0.736. The summed E-state index contributed by atoms with van der Waals surface area (Å²) in [6, 6.07) is 2.12. The van der Waals surface area contributed by atoms with Crippen LogP contribution in [0, 0.1) is 11.2 Å². The van der Waals surface area contributed by atoms with E-state index in [0.717, 1.165) is 0 Å². The number of hydrogen-bond donors (Lipinski definition) is 1. The number of morpholine rings is 1. The number of carbonyl (C=O) groups excluding carboxylic acids is 2. The predicted octanol–water partition coefficient (Wildman–Crippen LogP) is 2.83. The molecule has 166 valence electrons. The molecule has 7 nitrogen and oxygen atoms in total. The second-order valence-corrected chi connectivity index (χ2v) is 9.07. The van der Waals surface area contributed by atoms with Crippen LogP contribution in [0.15, 0.2) is 12.1 Å². The first-order valence-electron chi connectivity index (χ1n) is 10.3. The highest BCUT2D eigenvalue weighted by Gasteiger charge is 2.34. The molecule has 2 heterocycles. The molecule has 30 heavy (non-hydrogen) atoms. The molecule has 0 spiro atoms. The second kappa shape index (κ2) is 8.99. The van der Waals surface area contributed by atoms with Crippen molar-refractivity contribution in [1.29, 1.82) is 0 Å². The number of amides is 1. The van der Waals surface area contributed by atoms with Gasteiger partial charge in [-0.3, -0.25) is 4.79 Å². The van der Waals surface area contributed by atoms with Crippen molar-refractivity contribution in [1.82, 2.24) is 5.32 Å². The Bertz CT molecular complexity index is 780. The maximum Gasteiger partial charge on any atom is 0.251 e. The molecule has 2 aliphatic heterocycles. The Kier molecular flexibility index (Phi) is 6.79. The number of aldehydes is 1. The van der Waals surface area contributed by atoms with Gasteiger partial charge in [0.15, 0.2) is 6.29 Å². The Hall–Kier alpha value is -2.03. The third kappa shape index (κ3) is 5.17. The number of halogens is 1. The Morgan fingerprint density at radius 2 is 1.83 bits per heavy atom. The molecular formula is C22H31FN2O5. The third-order valence-corrected chi connectivity index (χ3v) is 5.16. The molecule has 3 unspecified atom stereocenters. The maximum atomic E-state index is 15.4. The summed E-state index contributed by atoms with van der Waals surface area (Å²) in [6.07, 6.45) is -0.295. The lowest BCUT2D eigenvalue weighted by Crippen LogP contribution is -2.46. The Labute approximate surface area is 176 Å². The SMILES string of the molecule is CC(C=O)NC(=O)c1cc(F)c(N2CC(C)OC(C)C2)c(C2OCC(C)(C)CO2)c1. The van der Waals surface area contributed by atoms with Crippen LogP contribution < -0.4 is 10.2 Å². The molecule has 1 N–H and O–H groups in total. The van der Waals surface area contributed by atoms with Crippen LogP contribution in [0.4, 0.5) is 10.1 Å². The molecular weight excluding hydrogens is 391 g/mol. The molecule has 1 aromatic rings. The summed E-state index contributed by atoms with van der Waals surface area (Å²) < 4.78 is 33.0. The lowest BCUT2D eigenvalue weighted by atomic mass is 9.95. The van der Waals surface area contributed by atoms with Gasteiger partial charge in [0, 0.05) is 29.6 Å². The van der Waals surface area contributed by atoms with Crippen LogP contribution in [-0.4, -0.2) is 56.7 Å². The van der Waals surface area contributed by atoms with Crippen molar-refractivity contribution in [2.24, 2.45) is 5.41 Å². The van der Waals surface area contributed by atoms with Crippen LogP contribution in [0.5, 0.6) is 0 Å². The number of rotatable bonds is 5. The Balaban J connectivity index is 2.00. The fourth-order valence-electron chi connectivity index (χ4n) is 3.82. The molecule has 3 atom stereocenters. The van der Waals surface area contributed by atoms with E-state index < -0.39 is 24.1 Å². The molecule has 2 fully saturated rings. The van der Waals surface area contributed by atoms with E-state index in [9.17, 15) is 9.59 Å². The molecule has 1 aromatic carbocycles. The standard InChI is InChI=1S/C22H31FN2O5/c1-13(10-26)24-20(27)16-6-17(21-28-11-22(4,5)12-29-21)19(18(23)7-16)25-8-14(2)30-15(3)9-25/h6-7,10,13-15,21H,8-9,11-12H2,1-5H3,(H,24,27). The number of carbonyl (C=O) groups is 2. The number of nitrogens with one attached hydrogen (secondary N) is 1. The van der Waals surface area contributed by atoms with Gasteiger partial charge in [0.05, 0.1) is 37.2 Å². The zero-order chi connectivity index (χ0) is 22.1. The van der Waals surface area contributed by atoms with Crippen molar-refractivity contribution >= 4 is 17.9 Å². The van der Waals surface area contributed by atoms with Gasteiger partial charge < -0.3 is 29.2 Å². The molecule has 0 aromatic heterocycles. The van der Waals surface area contributed by atoms with E-state index >= 15 is 4.39 Å². The van der Waals surface area contributed by atoms with E-state index in [4.69, 9.17) is 14.2 Å². The number of nitrogens with zero attached hydrogens (tertiary/aromatic N) is 1. The van der Waals surface area contributed by atoms with Crippen molar-refractivity contribution < 1.29 is 28.2 Å². The van der Waals surface area contributed by atoms with Crippen LogP contribution in [-0.2, 0) is 19.0 Å². The summed E-state index contributed by atoms with van der Waals surface area (Å²) >= 11 is 0. The molecule has 2 aliphatic rings. The molecule has 0 aliphatic carbocycles. The van der Waals surface area contributed by atoms with Gasteiger partial charge in [0.1, 0.15) is 12.1 Å². The average molecular weight is 422 g/mol. The summed E-state index contributed by atoms with van der Waals surface area (Å²) in [4.78, 5) is 25.4.